The molecule has 1 aromatic rings. The van der Waals surface area contributed by atoms with Crippen molar-refractivity contribution in [2.75, 3.05) is 6.54 Å². The number of aryl methyl sites for hydroxylation is 1. The van der Waals surface area contributed by atoms with Crippen LogP contribution in [0.1, 0.15) is 50.6 Å². The van der Waals surface area contributed by atoms with Crippen LogP contribution in [0.5, 0.6) is 0 Å². The Morgan fingerprint density at radius 3 is 2.67 bits per heavy atom. The van der Waals surface area contributed by atoms with Crippen molar-refractivity contribution < 1.29 is 22.7 Å². The molecule has 0 radical (unpaired) electrons. The van der Waals surface area contributed by atoms with Crippen LogP contribution in [0.15, 0.2) is 0 Å². The highest BCUT2D eigenvalue weighted by atomic mass is 19.4. The molecule has 0 aliphatic carbocycles. The molecule has 1 aliphatic rings. The molecule has 0 saturated carbocycles. The standard InChI is InChI=1S/C18H23F3N4O2/c1-17(2,3)27-16(26)24-10-7-14-13(12-24)15(11-22)25(23-14)9-6-4-5-8-18(19,20)21/h11,22H,4,6-7,9-10,12H2,1-3H3. The molecule has 0 spiro atoms. The van der Waals surface area contributed by atoms with E-state index in [1.54, 1.807) is 30.4 Å². The summed E-state index contributed by atoms with van der Waals surface area (Å²) < 4.78 is 43.1. The minimum absolute atomic E-state index is 0.0888. The maximum Gasteiger partial charge on any atom is 0.457 e. The molecule has 27 heavy (non-hydrogen) atoms. The number of ether oxygens (including phenoxy) is 1. The smallest absolute Gasteiger partial charge is 0.444 e. The molecule has 0 fully saturated rings. The first kappa shape index (κ1) is 20.8. The number of hydrogen-bond donors (Lipinski definition) is 1. The van der Waals surface area contributed by atoms with Gasteiger partial charge in [-0.3, -0.25) is 4.68 Å². The van der Waals surface area contributed by atoms with E-state index in [0.29, 0.717) is 38.2 Å². The molecule has 0 unspecified atom stereocenters. The molecule has 0 aromatic carbocycles. The van der Waals surface area contributed by atoms with Crippen LogP contribution in [0.2, 0.25) is 0 Å². The fourth-order valence-corrected chi connectivity index (χ4v) is 2.74. The summed E-state index contributed by atoms with van der Waals surface area (Å²) in [4.78, 5) is 13.8. The molecule has 0 atom stereocenters. The highest BCUT2D eigenvalue weighted by Crippen LogP contribution is 2.23. The van der Waals surface area contributed by atoms with Gasteiger partial charge in [-0.15, -0.1) is 0 Å². The zero-order valence-corrected chi connectivity index (χ0v) is 15.6. The first-order valence-electron chi connectivity index (χ1n) is 8.64. The van der Waals surface area contributed by atoms with Gasteiger partial charge in [0.05, 0.1) is 17.9 Å². The third kappa shape index (κ3) is 6.01. The van der Waals surface area contributed by atoms with Crippen molar-refractivity contribution in [3.8, 4) is 11.8 Å². The van der Waals surface area contributed by atoms with Gasteiger partial charge in [-0.05, 0) is 27.2 Å². The molecular weight excluding hydrogens is 361 g/mol. The maximum atomic E-state index is 12.3. The number of halogens is 3. The molecule has 0 saturated heterocycles. The lowest BCUT2D eigenvalue weighted by Crippen LogP contribution is -2.40. The van der Waals surface area contributed by atoms with Gasteiger partial charge in [0.15, 0.2) is 0 Å². The fraction of sp³-hybridized carbons (Fsp3) is 0.611. The Kier molecular flexibility index (Phi) is 6.19. The number of rotatable bonds is 4. The SMILES string of the molecule is CC(C)(C)OC(=O)N1CCc2nn(CCCC#CC(F)(F)F)c(C=N)c2C1. The topological polar surface area (TPSA) is 71.2 Å². The molecule has 1 amide bonds. The van der Waals surface area contributed by atoms with E-state index in [0.717, 1.165) is 17.5 Å². The summed E-state index contributed by atoms with van der Waals surface area (Å²) in [6.07, 6.45) is -2.72. The van der Waals surface area contributed by atoms with Gasteiger partial charge in [-0.1, -0.05) is 5.92 Å². The molecule has 0 bridgehead atoms. The number of nitrogens with one attached hydrogen (secondary N) is 1. The zero-order chi connectivity index (χ0) is 20.2. The van der Waals surface area contributed by atoms with Crippen LogP contribution < -0.4 is 0 Å². The second-order valence-electron chi connectivity index (χ2n) is 7.23. The molecule has 148 valence electrons. The number of carbonyl (C=O) groups is 1. The zero-order valence-electron chi connectivity index (χ0n) is 15.6. The summed E-state index contributed by atoms with van der Waals surface area (Å²) in [6.45, 7) is 6.50. The van der Waals surface area contributed by atoms with Gasteiger partial charge in [0.25, 0.3) is 0 Å². The minimum Gasteiger partial charge on any atom is -0.444 e. The van der Waals surface area contributed by atoms with Crippen LogP contribution in [-0.2, 0) is 24.2 Å². The summed E-state index contributed by atoms with van der Waals surface area (Å²) >= 11 is 0. The number of carbonyl (C=O) groups excluding carboxylic acids is 1. The van der Waals surface area contributed by atoms with Gasteiger partial charge in [0, 0.05) is 43.6 Å². The van der Waals surface area contributed by atoms with E-state index in [4.69, 9.17) is 10.1 Å². The second-order valence-corrected chi connectivity index (χ2v) is 7.23. The molecular formula is C18H23F3N4O2. The van der Waals surface area contributed by atoms with Crippen LogP contribution in [0.4, 0.5) is 18.0 Å². The van der Waals surface area contributed by atoms with Gasteiger partial charge in [0.2, 0.25) is 0 Å². The van der Waals surface area contributed by atoms with Crippen molar-refractivity contribution in [3.05, 3.63) is 17.0 Å². The van der Waals surface area contributed by atoms with Crippen LogP contribution >= 0.6 is 0 Å². The average molecular weight is 384 g/mol. The Morgan fingerprint density at radius 2 is 2.07 bits per heavy atom. The first-order chi connectivity index (χ1) is 12.5. The second kappa shape index (κ2) is 8.03. The largest absolute Gasteiger partial charge is 0.457 e. The number of unbranched alkanes of at least 4 members (excludes halogenated alkanes) is 1. The number of hydrogen-bond acceptors (Lipinski definition) is 4. The van der Waals surface area contributed by atoms with E-state index in [2.05, 4.69) is 11.0 Å². The summed E-state index contributed by atoms with van der Waals surface area (Å²) in [5.74, 6) is 3.34. The third-order valence-electron chi connectivity index (χ3n) is 3.83. The summed E-state index contributed by atoms with van der Waals surface area (Å²) in [7, 11) is 0. The highest BCUT2D eigenvalue weighted by Gasteiger charge is 2.29. The molecule has 2 rings (SSSR count). The Bertz CT molecular complexity index is 767. The van der Waals surface area contributed by atoms with Gasteiger partial charge < -0.3 is 15.0 Å². The molecule has 1 aromatic heterocycles. The lowest BCUT2D eigenvalue weighted by atomic mass is 10.1. The molecule has 9 heteroatoms. The predicted octanol–water partition coefficient (Wildman–Crippen LogP) is 3.52. The van der Waals surface area contributed by atoms with Crippen LogP contribution in [0.25, 0.3) is 0 Å². The summed E-state index contributed by atoms with van der Waals surface area (Å²) in [5, 5.41) is 12.1. The minimum atomic E-state index is -4.48. The maximum absolute atomic E-state index is 12.3. The normalized spacial score (nSPS) is 14.2. The van der Waals surface area contributed by atoms with Crippen LogP contribution in [0.3, 0.4) is 0 Å². The van der Waals surface area contributed by atoms with E-state index in [1.807, 2.05) is 0 Å². The van der Waals surface area contributed by atoms with Crippen molar-refractivity contribution in [1.29, 1.82) is 5.41 Å². The Morgan fingerprint density at radius 1 is 1.37 bits per heavy atom. The Balaban J connectivity index is 2.05. The van der Waals surface area contributed by atoms with Crippen molar-refractivity contribution in [3.63, 3.8) is 0 Å². The third-order valence-corrected chi connectivity index (χ3v) is 3.83. The fourth-order valence-electron chi connectivity index (χ4n) is 2.74. The van der Waals surface area contributed by atoms with E-state index in [-0.39, 0.29) is 6.42 Å². The van der Waals surface area contributed by atoms with E-state index >= 15 is 0 Å². The highest BCUT2D eigenvalue weighted by molar-refractivity contribution is 5.78. The summed E-state index contributed by atoms with van der Waals surface area (Å²) in [6, 6.07) is 0. The monoisotopic (exact) mass is 384 g/mol. The number of alkyl halides is 3. The van der Waals surface area contributed by atoms with Gasteiger partial charge >= 0.3 is 12.3 Å². The Hall–Kier alpha value is -2.50. The molecule has 1 N–H and O–H groups in total. The quantitative estimate of drug-likeness (QED) is 0.491. The van der Waals surface area contributed by atoms with E-state index < -0.39 is 17.9 Å². The number of fused-ring (bicyclic) bond motifs is 1. The number of nitrogens with zero attached hydrogens (tertiary/aromatic N) is 3. The van der Waals surface area contributed by atoms with Crippen molar-refractivity contribution in [2.24, 2.45) is 0 Å². The molecule has 2 heterocycles. The molecule has 1 aliphatic heterocycles. The lowest BCUT2D eigenvalue weighted by molar-refractivity contribution is -0.0697. The number of aromatic nitrogens is 2. The first-order valence-corrected chi connectivity index (χ1v) is 8.64. The van der Waals surface area contributed by atoms with Crippen LogP contribution in [-0.4, -0.2) is 45.3 Å². The molecule has 6 nitrogen and oxygen atoms in total. The van der Waals surface area contributed by atoms with Crippen LogP contribution in [0, 0.1) is 17.3 Å². The van der Waals surface area contributed by atoms with Gasteiger partial charge in [-0.2, -0.15) is 18.3 Å². The van der Waals surface area contributed by atoms with Gasteiger partial charge in [-0.25, -0.2) is 4.79 Å². The Labute approximate surface area is 156 Å². The van der Waals surface area contributed by atoms with E-state index in [1.165, 1.54) is 5.92 Å². The van der Waals surface area contributed by atoms with Crippen molar-refractivity contribution in [2.45, 2.75) is 64.9 Å². The van der Waals surface area contributed by atoms with E-state index in [9.17, 15) is 18.0 Å². The van der Waals surface area contributed by atoms with Crippen molar-refractivity contribution in [1.82, 2.24) is 14.7 Å². The van der Waals surface area contributed by atoms with Gasteiger partial charge in [0.1, 0.15) is 5.60 Å². The lowest BCUT2D eigenvalue weighted by Gasteiger charge is -2.29. The summed E-state index contributed by atoms with van der Waals surface area (Å²) in [5.41, 5.74) is 1.55. The van der Waals surface area contributed by atoms with Crippen molar-refractivity contribution >= 4 is 12.3 Å². The average Bonchev–Trinajstić information content (AvgIpc) is 2.88. The predicted molar refractivity (Wildman–Crippen MR) is 93.5 cm³/mol. The number of amides is 1.